The maximum Gasteiger partial charge on any atom is 0.186 e. The maximum absolute atomic E-state index is 4.79. The lowest BCUT2D eigenvalue weighted by atomic mass is 10.1. The van der Waals surface area contributed by atoms with Crippen molar-refractivity contribution < 1.29 is 0 Å². The Morgan fingerprint density at radius 2 is 2.33 bits per heavy atom. The van der Waals surface area contributed by atoms with Crippen molar-refractivity contribution in [2.24, 2.45) is 0 Å². The van der Waals surface area contributed by atoms with Gasteiger partial charge in [0, 0.05) is 19.1 Å². The largest absolute Gasteiger partial charge is 0.347 e. The van der Waals surface area contributed by atoms with Gasteiger partial charge in [-0.15, -0.1) is 0 Å². The summed E-state index contributed by atoms with van der Waals surface area (Å²) in [6.07, 6.45) is 5.99. The molecule has 0 bridgehead atoms. The standard InChI is InChI=1S/C16H23N3S2/c1-20-11-5-9-17-13-6-4-10-19(12-13)16-18-14-7-2-3-8-15(14)21-16/h2-3,7-8,13,17H,4-6,9-12H2,1H3/t13-/m0/s1. The number of piperidine rings is 1. The molecule has 1 aromatic carbocycles. The van der Waals surface area contributed by atoms with E-state index in [9.17, 15) is 0 Å². The highest BCUT2D eigenvalue weighted by molar-refractivity contribution is 7.98. The number of benzene rings is 1. The summed E-state index contributed by atoms with van der Waals surface area (Å²) in [6, 6.07) is 9.05. The van der Waals surface area contributed by atoms with Crippen LogP contribution in [0.5, 0.6) is 0 Å². The Morgan fingerprint density at radius 3 is 3.19 bits per heavy atom. The summed E-state index contributed by atoms with van der Waals surface area (Å²) in [5.74, 6) is 1.25. The van der Waals surface area contributed by atoms with Crippen molar-refractivity contribution in [2.75, 3.05) is 36.5 Å². The summed E-state index contributed by atoms with van der Waals surface area (Å²) in [7, 11) is 0. The summed E-state index contributed by atoms with van der Waals surface area (Å²) < 4.78 is 1.29. The number of fused-ring (bicyclic) bond motifs is 1. The van der Waals surface area contributed by atoms with E-state index in [-0.39, 0.29) is 0 Å². The van der Waals surface area contributed by atoms with E-state index in [0.29, 0.717) is 6.04 Å². The molecule has 5 heteroatoms. The van der Waals surface area contributed by atoms with Gasteiger partial charge in [0.25, 0.3) is 0 Å². The minimum Gasteiger partial charge on any atom is -0.347 e. The normalized spacial score (nSPS) is 19.3. The molecule has 21 heavy (non-hydrogen) atoms. The molecule has 0 amide bonds. The second-order valence-corrected chi connectivity index (χ2v) is 7.54. The first-order chi connectivity index (χ1) is 10.4. The molecule has 1 aliphatic rings. The van der Waals surface area contributed by atoms with Gasteiger partial charge in [0.1, 0.15) is 0 Å². The number of thioether (sulfide) groups is 1. The van der Waals surface area contributed by atoms with Gasteiger partial charge in [0.05, 0.1) is 10.2 Å². The lowest BCUT2D eigenvalue weighted by molar-refractivity contribution is 0.424. The predicted molar refractivity (Wildman–Crippen MR) is 95.9 cm³/mol. The van der Waals surface area contributed by atoms with Crippen molar-refractivity contribution >= 4 is 38.4 Å². The summed E-state index contributed by atoms with van der Waals surface area (Å²) >= 11 is 3.75. The lowest BCUT2D eigenvalue weighted by Gasteiger charge is -2.33. The number of nitrogens with one attached hydrogen (secondary N) is 1. The molecule has 0 radical (unpaired) electrons. The van der Waals surface area contributed by atoms with Gasteiger partial charge in [0.2, 0.25) is 0 Å². The third-order valence-corrected chi connectivity index (χ3v) is 5.73. The number of nitrogens with zero attached hydrogens (tertiary/aromatic N) is 2. The summed E-state index contributed by atoms with van der Waals surface area (Å²) in [6.45, 7) is 3.38. The molecule has 1 fully saturated rings. The third kappa shape index (κ3) is 3.90. The molecule has 0 unspecified atom stereocenters. The van der Waals surface area contributed by atoms with Crippen LogP contribution in [0.4, 0.5) is 5.13 Å². The number of hydrogen-bond donors (Lipinski definition) is 1. The van der Waals surface area contributed by atoms with Gasteiger partial charge in [-0.2, -0.15) is 11.8 Å². The maximum atomic E-state index is 4.79. The van der Waals surface area contributed by atoms with Crippen LogP contribution in [0, 0.1) is 0 Å². The first-order valence-corrected chi connectivity index (χ1v) is 9.90. The van der Waals surface area contributed by atoms with Crippen molar-refractivity contribution in [1.29, 1.82) is 0 Å². The average Bonchev–Trinajstić information content (AvgIpc) is 2.96. The Labute approximate surface area is 135 Å². The Morgan fingerprint density at radius 1 is 1.43 bits per heavy atom. The lowest BCUT2D eigenvalue weighted by Crippen LogP contribution is -2.46. The van der Waals surface area contributed by atoms with Crippen molar-refractivity contribution in [3.05, 3.63) is 24.3 Å². The van der Waals surface area contributed by atoms with Crippen LogP contribution >= 0.6 is 23.1 Å². The quantitative estimate of drug-likeness (QED) is 0.823. The topological polar surface area (TPSA) is 28.2 Å². The van der Waals surface area contributed by atoms with Crippen LogP contribution in [0.1, 0.15) is 19.3 Å². The fourth-order valence-electron chi connectivity index (χ4n) is 2.84. The number of anilines is 1. The van der Waals surface area contributed by atoms with E-state index in [1.165, 1.54) is 34.8 Å². The Hall–Kier alpha value is -0.780. The van der Waals surface area contributed by atoms with Gasteiger partial charge in [-0.25, -0.2) is 4.98 Å². The molecule has 1 atom stereocenters. The molecule has 1 aliphatic heterocycles. The van der Waals surface area contributed by atoms with Gasteiger partial charge < -0.3 is 10.2 Å². The zero-order valence-corrected chi connectivity index (χ0v) is 14.2. The van der Waals surface area contributed by atoms with Gasteiger partial charge in [-0.05, 0) is 49.9 Å². The second kappa shape index (κ2) is 7.47. The van der Waals surface area contributed by atoms with Gasteiger partial charge in [-0.1, -0.05) is 23.5 Å². The number of rotatable bonds is 6. The highest BCUT2D eigenvalue weighted by atomic mass is 32.2. The molecule has 2 heterocycles. The van der Waals surface area contributed by atoms with E-state index in [0.717, 1.165) is 25.2 Å². The number of hydrogen-bond acceptors (Lipinski definition) is 5. The molecule has 3 nitrogen and oxygen atoms in total. The molecule has 0 aliphatic carbocycles. The first-order valence-electron chi connectivity index (χ1n) is 7.69. The van der Waals surface area contributed by atoms with E-state index in [2.05, 4.69) is 40.7 Å². The van der Waals surface area contributed by atoms with E-state index in [1.807, 2.05) is 23.1 Å². The van der Waals surface area contributed by atoms with E-state index in [4.69, 9.17) is 4.98 Å². The van der Waals surface area contributed by atoms with Crippen molar-refractivity contribution in [3.63, 3.8) is 0 Å². The zero-order chi connectivity index (χ0) is 14.5. The fraction of sp³-hybridized carbons (Fsp3) is 0.562. The summed E-state index contributed by atoms with van der Waals surface area (Å²) in [5, 5.41) is 4.90. The molecule has 114 valence electrons. The molecular formula is C16H23N3S2. The average molecular weight is 322 g/mol. The van der Waals surface area contributed by atoms with Gasteiger partial charge in [-0.3, -0.25) is 0 Å². The van der Waals surface area contributed by atoms with E-state index >= 15 is 0 Å². The third-order valence-electron chi connectivity index (χ3n) is 3.93. The number of aromatic nitrogens is 1. The van der Waals surface area contributed by atoms with Gasteiger partial charge >= 0.3 is 0 Å². The van der Waals surface area contributed by atoms with Crippen LogP contribution < -0.4 is 10.2 Å². The first kappa shape index (κ1) is 15.1. The number of thiazole rings is 1. The van der Waals surface area contributed by atoms with Crippen LogP contribution in [-0.2, 0) is 0 Å². The predicted octanol–water partition coefficient (Wildman–Crippen LogP) is 3.61. The molecule has 1 aromatic heterocycles. The van der Waals surface area contributed by atoms with Crippen LogP contribution in [0.15, 0.2) is 24.3 Å². The Balaban J connectivity index is 1.60. The highest BCUT2D eigenvalue weighted by Gasteiger charge is 2.21. The minimum absolute atomic E-state index is 0.618. The minimum atomic E-state index is 0.618. The van der Waals surface area contributed by atoms with Crippen molar-refractivity contribution in [2.45, 2.75) is 25.3 Å². The van der Waals surface area contributed by atoms with Gasteiger partial charge in [0.15, 0.2) is 5.13 Å². The fourth-order valence-corrected chi connectivity index (χ4v) is 4.27. The second-order valence-electron chi connectivity index (χ2n) is 5.55. The van der Waals surface area contributed by atoms with Crippen LogP contribution in [-0.4, -0.2) is 42.7 Å². The molecule has 0 saturated carbocycles. The zero-order valence-electron chi connectivity index (χ0n) is 12.5. The van der Waals surface area contributed by atoms with E-state index < -0.39 is 0 Å². The van der Waals surface area contributed by atoms with E-state index in [1.54, 1.807) is 0 Å². The summed E-state index contributed by atoms with van der Waals surface area (Å²) in [4.78, 5) is 7.25. The SMILES string of the molecule is CSCCCN[C@H]1CCCN(c2nc3ccccc3s2)C1. The Bertz CT molecular complexity index is 536. The molecular weight excluding hydrogens is 298 g/mol. The molecule has 1 saturated heterocycles. The van der Waals surface area contributed by atoms with Crippen molar-refractivity contribution in [1.82, 2.24) is 10.3 Å². The highest BCUT2D eigenvalue weighted by Crippen LogP contribution is 2.30. The smallest absolute Gasteiger partial charge is 0.186 e. The van der Waals surface area contributed by atoms with Crippen LogP contribution in [0.2, 0.25) is 0 Å². The molecule has 2 aromatic rings. The number of para-hydroxylation sites is 1. The molecule has 1 N–H and O–H groups in total. The van der Waals surface area contributed by atoms with Crippen LogP contribution in [0.3, 0.4) is 0 Å². The Kier molecular flexibility index (Phi) is 5.38. The molecule has 0 spiro atoms. The van der Waals surface area contributed by atoms with Crippen LogP contribution in [0.25, 0.3) is 10.2 Å². The monoisotopic (exact) mass is 321 g/mol. The molecule has 3 rings (SSSR count). The van der Waals surface area contributed by atoms with Crippen molar-refractivity contribution in [3.8, 4) is 0 Å². The summed E-state index contributed by atoms with van der Waals surface area (Å²) in [5.41, 5.74) is 1.13.